The van der Waals surface area contributed by atoms with Gasteiger partial charge >= 0.3 is 0 Å². The quantitative estimate of drug-likeness (QED) is 0.253. The second-order valence-electron chi connectivity index (χ2n) is 9.31. The lowest BCUT2D eigenvalue weighted by Gasteiger charge is -2.19. The molecule has 3 aromatic rings. The topological polar surface area (TPSA) is 41.5 Å². The van der Waals surface area contributed by atoms with E-state index in [0.29, 0.717) is 0 Å². The van der Waals surface area contributed by atoms with Crippen LogP contribution in [0.25, 0.3) is 0 Å². The molecule has 1 amide bonds. The van der Waals surface area contributed by atoms with Crippen molar-refractivity contribution in [3.8, 4) is 0 Å². The number of nitrogens with zero attached hydrogens (tertiary/aromatic N) is 1. The number of amides is 1. The summed E-state index contributed by atoms with van der Waals surface area (Å²) in [7, 11) is 0. The fourth-order valence-electron chi connectivity index (χ4n) is 5.11. The van der Waals surface area contributed by atoms with E-state index in [1.54, 1.807) is 6.21 Å². The number of halogens is 2. The van der Waals surface area contributed by atoms with Crippen molar-refractivity contribution in [1.82, 2.24) is 5.43 Å². The fourth-order valence-corrected chi connectivity index (χ4v) is 5.88. The van der Waals surface area contributed by atoms with Gasteiger partial charge in [-0.15, -0.1) is 23.2 Å². The van der Waals surface area contributed by atoms with E-state index in [1.165, 1.54) is 22.3 Å². The first-order valence-corrected chi connectivity index (χ1v) is 12.0. The molecule has 2 aliphatic carbocycles. The minimum atomic E-state index is -0.901. The van der Waals surface area contributed by atoms with E-state index >= 15 is 0 Å². The second kappa shape index (κ2) is 8.30. The molecule has 5 rings (SSSR count). The largest absolute Gasteiger partial charge is 0.273 e. The van der Waals surface area contributed by atoms with Gasteiger partial charge in [0.05, 0.1) is 5.92 Å². The van der Waals surface area contributed by atoms with Crippen LogP contribution in [0.15, 0.2) is 84.0 Å². The fraction of sp³-hybridized carbons (Fsp3) is 0.286. The first-order valence-electron chi connectivity index (χ1n) is 11.2. The van der Waals surface area contributed by atoms with Crippen LogP contribution in [0.4, 0.5) is 0 Å². The summed E-state index contributed by atoms with van der Waals surface area (Å²) in [4.78, 5) is 13.2. The average Bonchev–Trinajstić information content (AvgIpc) is 3.67. The number of hydrogen-bond acceptors (Lipinski definition) is 2. The van der Waals surface area contributed by atoms with Gasteiger partial charge in [-0.05, 0) is 37.0 Å². The summed E-state index contributed by atoms with van der Waals surface area (Å²) in [5, 5.41) is 4.26. The Kier molecular flexibility index (Phi) is 5.58. The molecule has 3 aromatic carbocycles. The van der Waals surface area contributed by atoms with Crippen molar-refractivity contribution in [3.05, 3.63) is 107 Å². The van der Waals surface area contributed by atoms with Crippen molar-refractivity contribution in [2.24, 2.45) is 16.9 Å². The average molecular weight is 477 g/mol. The van der Waals surface area contributed by atoms with E-state index in [4.69, 9.17) is 23.2 Å². The Morgan fingerprint density at radius 2 is 1.55 bits per heavy atom. The summed E-state index contributed by atoms with van der Waals surface area (Å²) in [6.45, 7) is 4.16. The third-order valence-electron chi connectivity index (χ3n) is 7.02. The molecule has 5 heteroatoms. The summed E-state index contributed by atoms with van der Waals surface area (Å²) in [5.74, 6) is -0.427. The van der Waals surface area contributed by atoms with Gasteiger partial charge in [0.1, 0.15) is 4.33 Å². The molecule has 0 radical (unpaired) electrons. The molecule has 0 unspecified atom stereocenters. The lowest BCUT2D eigenvalue weighted by Crippen LogP contribution is -2.25. The molecular weight excluding hydrogens is 451 g/mol. The number of rotatable bonds is 6. The van der Waals surface area contributed by atoms with E-state index in [2.05, 4.69) is 72.9 Å². The van der Waals surface area contributed by atoms with Gasteiger partial charge in [0.2, 0.25) is 5.91 Å². The summed E-state index contributed by atoms with van der Waals surface area (Å²) in [5.41, 5.74) is 8.22. The molecule has 3 atom stereocenters. The monoisotopic (exact) mass is 476 g/mol. The zero-order chi connectivity index (χ0) is 23.2. The number of aryl methyl sites for hydroxylation is 2. The maximum absolute atomic E-state index is 13.2. The Morgan fingerprint density at radius 1 is 0.939 bits per heavy atom. The zero-order valence-corrected chi connectivity index (χ0v) is 20.1. The highest BCUT2D eigenvalue weighted by Crippen LogP contribution is 2.64. The second-order valence-corrected chi connectivity index (χ2v) is 10.8. The van der Waals surface area contributed by atoms with Crippen molar-refractivity contribution >= 4 is 35.3 Å². The maximum Gasteiger partial charge on any atom is 0.244 e. The van der Waals surface area contributed by atoms with Crippen LogP contribution < -0.4 is 5.43 Å². The van der Waals surface area contributed by atoms with Gasteiger partial charge in [-0.2, -0.15) is 5.10 Å². The smallest absolute Gasteiger partial charge is 0.244 e. The molecule has 0 bridgehead atoms. The third kappa shape index (κ3) is 3.98. The van der Waals surface area contributed by atoms with Gasteiger partial charge in [0, 0.05) is 23.5 Å². The predicted molar refractivity (Wildman–Crippen MR) is 135 cm³/mol. The highest BCUT2D eigenvalue weighted by atomic mass is 35.5. The number of hydrazone groups is 1. The maximum atomic E-state index is 13.2. The number of alkyl halides is 2. The van der Waals surface area contributed by atoms with E-state index in [0.717, 1.165) is 12.0 Å². The SMILES string of the molecule is Cc1cccc(C2(c3cccc(C)c3)C[C@@H]2C(=O)N/N=C\[C@@H]2[C@H](c3ccccc3)C2(Cl)Cl)c1. The minimum absolute atomic E-state index is 0.0257. The number of carbonyl (C=O) groups excluding carboxylic acids is 1. The Morgan fingerprint density at radius 3 is 2.12 bits per heavy atom. The number of hydrogen-bond donors (Lipinski definition) is 1. The molecule has 0 spiro atoms. The van der Waals surface area contributed by atoms with Gasteiger partial charge in [-0.1, -0.05) is 90.0 Å². The molecule has 33 heavy (non-hydrogen) atoms. The summed E-state index contributed by atoms with van der Waals surface area (Å²) >= 11 is 13.0. The molecule has 168 valence electrons. The van der Waals surface area contributed by atoms with Crippen molar-refractivity contribution in [2.75, 3.05) is 0 Å². The van der Waals surface area contributed by atoms with Crippen LogP contribution >= 0.6 is 23.2 Å². The normalized spacial score (nSPS) is 24.4. The molecule has 2 fully saturated rings. The Balaban J connectivity index is 1.34. The third-order valence-corrected chi connectivity index (χ3v) is 8.00. The minimum Gasteiger partial charge on any atom is -0.273 e. The van der Waals surface area contributed by atoms with Crippen LogP contribution in [0.3, 0.4) is 0 Å². The van der Waals surface area contributed by atoms with E-state index < -0.39 is 4.33 Å². The highest BCUT2D eigenvalue weighted by molar-refractivity contribution is 6.53. The first-order chi connectivity index (χ1) is 15.8. The highest BCUT2D eigenvalue weighted by Gasteiger charge is 2.63. The van der Waals surface area contributed by atoms with E-state index in [9.17, 15) is 4.79 Å². The van der Waals surface area contributed by atoms with Gasteiger partial charge < -0.3 is 0 Å². The standard InChI is InChI=1S/C28H26Cl2N2O/c1-18-8-6-12-21(14-18)27(22-13-7-9-19(2)15-22)16-23(27)26(33)32-31-17-24-25(28(24,29)30)20-10-4-3-5-11-20/h3-15,17,23-25H,16H2,1-2H3,(H,32,33)/b31-17-/t23-,24-,25+/m1/s1. The number of nitrogens with one attached hydrogen (secondary N) is 1. The van der Waals surface area contributed by atoms with Crippen LogP contribution in [0, 0.1) is 25.7 Å². The van der Waals surface area contributed by atoms with Gasteiger partial charge in [-0.25, -0.2) is 5.43 Å². The molecule has 3 nitrogen and oxygen atoms in total. The van der Waals surface area contributed by atoms with Crippen LogP contribution in [0.2, 0.25) is 0 Å². The molecular formula is C28H26Cl2N2O. The predicted octanol–water partition coefficient (Wildman–Crippen LogP) is 6.30. The Hall–Kier alpha value is -2.62. The van der Waals surface area contributed by atoms with Gasteiger partial charge in [-0.3, -0.25) is 4.79 Å². The number of benzene rings is 3. The molecule has 0 saturated heterocycles. The van der Waals surface area contributed by atoms with Gasteiger partial charge in [0.15, 0.2) is 0 Å². The molecule has 0 aliphatic heterocycles. The van der Waals surface area contributed by atoms with Crippen molar-refractivity contribution in [2.45, 2.75) is 35.9 Å². The molecule has 0 heterocycles. The zero-order valence-electron chi connectivity index (χ0n) is 18.6. The van der Waals surface area contributed by atoms with Crippen LogP contribution in [-0.4, -0.2) is 16.5 Å². The van der Waals surface area contributed by atoms with E-state index in [1.807, 2.05) is 30.3 Å². The Labute approximate surface area is 204 Å². The molecule has 1 N–H and O–H groups in total. The summed E-state index contributed by atoms with van der Waals surface area (Å²) in [6.07, 6.45) is 2.44. The molecule has 0 aromatic heterocycles. The number of carbonyl (C=O) groups is 1. The van der Waals surface area contributed by atoms with Crippen LogP contribution in [-0.2, 0) is 10.2 Å². The van der Waals surface area contributed by atoms with Crippen molar-refractivity contribution in [3.63, 3.8) is 0 Å². The van der Waals surface area contributed by atoms with Crippen LogP contribution in [0.5, 0.6) is 0 Å². The van der Waals surface area contributed by atoms with Crippen molar-refractivity contribution in [1.29, 1.82) is 0 Å². The van der Waals surface area contributed by atoms with Gasteiger partial charge in [0.25, 0.3) is 0 Å². The van der Waals surface area contributed by atoms with Crippen molar-refractivity contribution < 1.29 is 4.79 Å². The lowest BCUT2D eigenvalue weighted by molar-refractivity contribution is -0.122. The molecule has 2 saturated carbocycles. The van der Waals surface area contributed by atoms with E-state index in [-0.39, 0.29) is 29.1 Å². The summed E-state index contributed by atoms with van der Waals surface area (Å²) < 4.78 is -0.901. The molecule has 2 aliphatic rings. The summed E-state index contributed by atoms with van der Waals surface area (Å²) in [6, 6.07) is 26.8. The lowest BCUT2D eigenvalue weighted by atomic mass is 9.84. The first kappa shape index (κ1) is 22.2. The Bertz CT molecular complexity index is 1180. The van der Waals surface area contributed by atoms with Crippen LogP contribution in [0.1, 0.15) is 40.2 Å².